The smallest absolute Gasteiger partial charge is 0.324 e. The van der Waals surface area contributed by atoms with Crippen molar-refractivity contribution in [1.82, 2.24) is 4.90 Å². The zero-order valence-corrected chi connectivity index (χ0v) is 6.63. The Morgan fingerprint density at radius 2 is 2.30 bits per heavy atom. The van der Waals surface area contributed by atoms with E-state index < -0.39 is 0 Å². The van der Waals surface area contributed by atoms with Gasteiger partial charge in [0.25, 0.3) is 0 Å². The molecule has 1 aliphatic rings. The van der Waals surface area contributed by atoms with E-state index in [9.17, 15) is 4.79 Å². The molecule has 1 unspecified atom stereocenters. The predicted molar refractivity (Wildman–Crippen MR) is 37.6 cm³/mol. The fourth-order valence-corrected chi connectivity index (χ4v) is 1.35. The molecule has 3 nitrogen and oxygen atoms in total. The van der Waals surface area contributed by atoms with Gasteiger partial charge in [-0.3, -0.25) is 9.69 Å². The van der Waals surface area contributed by atoms with Gasteiger partial charge in [0.15, 0.2) is 0 Å². The van der Waals surface area contributed by atoms with E-state index in [-0.39, 0.29) is 12.0 Å². The predicted octanol–water partition coefficient (Wildman–Crippen LogP) is 0.252. The maximum absolute atomic E-state index is 10.9. The molecule has 0 bridgehead atoms. The molecule has 3 heteroatoms. The van der Waals surface area contributed by atoms with Gasteiger partial charge >= 0.3 is 5.97 Å². The quantitative estimate of drug-likeness (QED) is 0.410. The van der Waals surface area contributed by atoms with Gasteiger partial charge in [0.1, 0.15) is 6.04 Å². The molecule has 0 saturated carbocycles. The molecule has 3 atom stereocenters. The van der Waals surface area contributed by atoms with Crippen LogP contribution in [0.5, 0.6) is 0 Å². The third-order valence-electron chi connectivity index (χ3n) is 2.06. The molecule has 10 heavy (non-hydrogen) atoms. The Balaban J connectivity index is 2.40. The molecule has 0 aromatic heterocycles. The van der Waals surface area contributed by atoms with Gasteiger partial charge in [0, 0.05) is 6.04 Å². The SMILES string of the molecule is CCN1[C@@H](C)[C@@H]1C(=O)OC. The van der Waals surface area contributed by atoms with E-state index in [2.05, 4.69) is 9.64 Å². The Kier molecular flexibility index (Phi) is 1.94. The molecule has 0 aromatic carbocycles. The lowest BCUT2D eigenvalue weighted by molar-refractivity contribution is -0.140. The minimum absolute atomic E-state index is 0.0370. The van der Waals surface area contributed by atoms with Gasteiger partial charge in [-0.25, -0.2) is 0 Å². The van der Waals surface area contributed by atoms with E-state index in [0.717, 1.165) is 6.54 Å². The average molecular weight is 143 g/mol. The fraction of sp³-hybridized carbons (Fsp3) is 0.857. The molecule has 0 spiro atoms. The average Bonchev–Trinajstić information content (AvgIpc) is 2.59. The number of carbonyl (C=O) groups excluding carboxylic acids is 1. The molecular formula is C7H13NO2. The zero-order chi connectivity index (χ0) is 7.72. The summed E-state index contributed by atoms with van der Waals surface area (Å²) in [6.07, 6.45) is 0. The van der Waals surface area contributed by atoms with Gasteiger partial charge in [0.2, 0.25) is 0 Å². The van der Waals surface area contributed by atoms with E-state index in [1.54, 1.807) is 0 Å². The highest BCUT2D eigenvalue weighted by atomic mass is 16.5. The van der Waals surface area contributed by atoms with Crippen molar-refractivity contribution in [1.29, 1.82) is 0 Å². The van der Waals surface area contributed by atoms with Crippen LogP contribution in [0.15, 0.2) is 0 Å². The molecule has 0 amide bonds. The summed E-state index contributed by atoms with van der Waals surface area (Å²) >= 11 is 0. The molecule has 0 N–H and O–H groups in total. The van der Waals surface area contributed by atoms with Crippen molar-refractivity contribution in [3.63, 3.8) is 0 Å². The van der Waals surface area contributed by atoms with Crippen molar-refractivity contribution in [2.45, 2.75) is 25.9 Å². The lowest BCUT2D eigenvalue weighted by Crippen LogP contribution is -2.14. The molecule has 1 saturated heterocycles. The Bertz CT molecular complexity index is 147. The van der Waals surface area contributed by atoms with Crippen LogP contribution >= 0.6 is 0 Å². The second kappa shape index (κ2) is 2.58. The number of ether oxygens (including phenoxy) is 1. The van der Waals surface area contributed by atoms with E-state index in [0.29, 0.717) is 6.04 Å². The van der Waals surface area contributed by atoms with E-state index in [1.807, 2.05) is 13.8 Å². The minimum Gasteiger partial charge on any atom is -0.468 e. The minimum atomic E-state index is -0.102. The topological polar surface area (TPSA) is 29.3 Å². The van der Waals surface area contributed by atoms with Gasteiger partial charge in [0.05, 0.1) is 7.11 Å². The number of hydrogen-bond donors (Lipinski definition) is 0. The van der Waals surface area contributed by atoms with Gasteiger partial charge in [-0.15, -0.1) is 0 Å². The zero-order valence-electron chi connectivity index (χ0n) is 6.63. The lowest BCUT2D eigenvalue weighted by atomic mass is 10.3. The standard InChI is InChI=1S/C7H13NO2/c1-4-8-5(2)6(8)7(9)10-3/h5-6H,4H2,1-3H3/t5-,6+,8?/m0/s1. The lowest BCUT2D eigenvalue weighted by Gasteiger charge is -1.95. The number of rotatable bonds is 2. The van der Waals surface area contributed by atoms with Crippen LogP contribution in [-0.4, -0.2) is 36.6 Å². The van der Waals surface area contributed by atoms with Crippen LogP contribution in [0, 0.1) is 0 Å². The van der Waals surface area contributed by atoms with E-state index in [4.69, 9.17) is 0 Å². The molecule has 1 heterocycles. The van der Waals surface area contributed by atoms with Gasteiger partial charge in [-0.1, -0.05) is 6.92 Å². The fourth-order valence-electron chi connectivity index (χ4n) is 1.35. The maximum atomic E-state index is 10.9. The van der Waals surface area contributed by atoms with Crippen LogP contribution in [0.25, 0.3) is 0 Å². The molecule has 0 aliphatic carbocycles. The largest absolute Gasteiger partial charge is 0.468 e. The van der Waals surface area contributed by atoms with Crippen LogP contribution < -0.4 is 0 Å². The normalized spacial score (nSPS) is 37.3. The van der Waals surface area contributed by atoms with Crippen LogP contribution in [0.2, 0.25) is 0 Å². The summed E-state index contributed by atoms with van der Waals surface area (Å²) in [5, 5.41) is 0. The summed E-state index contributed by atoms with van der Waals surface area (Å²) in [5.41, 5.74) is 0. The first-order valence-electron chi connectivity index (χ1n) is 3.56. The first kappa shape index (κ1) is 7.54. The van der Waals surface area contributed by atoms with Crippen molar-refractivity contribution >= 4 is 5.97 Å². The highest BCUT2D eigenvalue weighted by molar-refractivity contribution is 5.79. The number of likely N-dealkylation sites (N-methyl/N-ethyl adjacent to an activating group) is 1. The number of carbonyl (C=O) groups is 1. The molecular weight excluding hydrogens is 130 g/mol. The Hall–Kier alpha value is -0.570. The monoisotopic (exact) mass is 143 g/mol. The second-order valence-electron chi connectivity index (χ2n) is 2.54. The maximum Gasteiger partial charge on any atom is 0.324 e. The summed E-state index contributed by atoms with van der Waals surface area (Å²) in [7, 11) is 1.43. The number of hydrogen-bond acceptors (Lipinski definition) is 3. The van der Waals surface area contributed by atoms with Crippen molar-refractivity contribution in [3.8, 4) is 0 Å². The van der Waals surface area contributed by atoms with Crippen LogP contribution in [-0.2, 0) is 9.53 Å². The molecule has 1 fully saturated rings. The van der Waals surface area contributed by atoms with Crippen molar-refractivity contribution in [2.24, 2.45) is 0 Å². The Labute approximate surface area is 61.0 Å². The molecule has 1 rings (SSSR count). The van der Waals surface area contributed by atoms with Crippen LogP contribution in [0.3, 0.4) is 0 Å². The van der Waals surface area contributed by atoms with Crippen molar-refractivity contribution < 1.29 is 9.53 Å². The number of nitrogens with zero attached hydrogens (tertiary/aromatic N) is 1. The summed E-state index contributed by atoms with van der Waals surface area (Å²) < 4.78 is 4.60. The van der Waals surface area contributed by atoms with E-state index in [1.165, 1.54) is 7.11 Å². The van der Waals surface area contributed by atoms with Gasteiger partial charge in [-0.05, 0) is 13.5 Å². The van der Waals surface area contributed by atoms with Crippen molar-refractivity contribution in [2.75, 3.05) is 13.7 Å². The van der Waals surface area contributed by atoms with Crippen molar-refractivity contribution in [3.05, 3.63) is 0 Å². The summed E-state index contributed by atoms with van der Waals surface area (Å²) in [5.74, 6) is -0.102. The molecule has 0 aromatic rings. The summed E-state index contributed by atoms with van der Waals surface area (Å²) in [6, 6.07) is 0.424. The third kappa shape index (κ3) is 1.01. The Morgan fingerprint density at radius 3 is 2.60 bits per heavy atom. The highest BCUT2D eigenvalue weighted by Crippen LogP contribution is 2.27. The Morgan fingerprint density at radius 1 is 1.70 bits per heavy atom. The molecule has 58 valence electrons. The highest BCUT2D eigenvalue weighted by Gasteiger charge is 2.48. The number of methoxy groups -OCH3 is 1. The first-order valence-corrected chi connectivity index (χ1v) is 3.56. The number of esters is 1. The summed E-state index contributed by atoms with van der Waals surface area (Å²) in [6.45, 7) is 5.01. The first-order chi connectivity index (χ1) is 4.72. The van der Waals surface area contributed by atoms with E-state index >= 15 is 0 Å². The van der Waals surface area contributed by atoms with Gasteiger partial charge in [-0.2, -0.15) is 0 Å². The van der Waals surface area contributed by atoms with Crippen LogP contribution in [0.4, 0.5) is 0 Å². The van der Waals surface area contributed by atoms with Crippen LogP contribution in [0.1, 0.15) is 13.8 Å². The molecule has 1 aliphatic heterocycles. The molecule has 0 radical (unpaired) electrons. The van der Waals surface area contributed by atoms with Gasteiger partial charge < -0.3 is 4.74 Å². The third-order valence-corrected chi connectivity index (χ3v) is 2.06. The second-order valence-corrected chi connectivity index (χ2v) is 2.54. The summed E-state index contributed by atoms with van der Waals surface area (Å²) in [4.78, 5) is 13.0.